The summed E-state index contributed by atoms with van der Waals surface area (Å²) in [6, 6.07) is 4.73. The Hall–Kier alpha value is -1.99. The Labute approximate surface area is 136 Å². The number of likely N-dealkylation sites (tertiary alicyclic amines) is 1. The summed E-state index contributed by atoms with van der Waals surface area (Å²) in [6.45, 7) is 0.731. The van der Waals surface area contributed by atoms with E-state index >= 15 is 0 Å². The van der Waals surface area contributed by atoms with Gasteiger partial charge in [-0.15, -0.1) is 11.3 Å². The van der Waals surface area contributed by atoms with Gasteiger partial charge in [0.1, 0.15) is 5.82 Å². The molecule has 0 bridgehead atoms. The largest absolute Gasteiger partial charge is 0.481 e. The van der Waals surface area contributed by atoms with Gasteiger partial charge in [0.2, 0.25) is 0 Å². The number of aliphatic carboxylic acids is 1. The molecule has 1 amide bonds. The van der Waals surface area contributed by atoms with Gasteiger partial charge in [0, 0.05) is 35.8 Å². The maximum atomic E-state index is 14.1. The van der Waals surface area contributed by atoms with Crippen molar-refractivity contribution in [3.8, 4) is 0 Å². The van der Waals surface area contributed by atoms with Crippen LogP contribution >= 0.6 is 11.3 Å². The van der Waals surface area contributed by atoms with Crippen LogP contribution < -0.4 is 0 Å². The quantitative estimate of drug-likeness (QED) is 0.931. The molecule has 0 unspecified atom stereocenters. The van der Waals surface area contributed by atoms with E-state index in [0.717, 1.165) is 0 Å². The number of nitrogens with zero attached hydrogens (tertiary/aromatic N) is 1. The lowest BCUT2D eigenvalue weighted by Crippen LogP contribution is -2.30. The Balaban J connectivity index is 1.99. The van der Waals surface area contributed by atoms with Crippen LogP contribution in [0.4, 0.5) is 4.39 Å². The molecule has 0 aliphatic carbocycles. The maximum Gasteiger partial charge on any atom is 0.308 e. The second-order valence-corrected chi connectivity index (χ2v) is 6.58. The van der Waals surface area contributed by atoms with Gasteiger partial charge in [-0.3, -0.25) is 9.59 Å². The number of halogens is 1. The summed E-state index contributed by atoms with van der Waals surface area (Å²) >= 11 is 1.22. The van der Waals surface area contributed by atoms with Crippen LogP contribution in [0.1, 0.15) is 21.7 Å². The number of hydrogen-bond donors (Lipinski definition) is 1. The Morgan fingerprint density at radius 3 is 2.91 bits per heavy atom. The predicted molar refractivity (Wildman–Crippen MR) is 84.1 cm³/mol. The topological polar surface area (TPSA) is 66.8 Å². The van der Waals surface area contributed by atoms with Crippen molar-refractivity contribution in [2.45, 2.75) is 13.0 Å². The minimum atomic E-state index is -0.889. The molecule has 1 aromatic carbocycles. The van der Waals surface area contributed by atoms with E-state index in [-0.39, 0.29) is 24.9 Å². The summed E-state index contributed by atoms with van der Waals surface area (Å²) in [5.41, 5.74) is 0.536. The summed E-state index contributed by atoms with van der Waals surface area (Å²) < 4.78 is 20.0. The van der Waals surface area contributed by atoms with E-state index in [2.05, 4.69) is 0 Å². The van der Waals surface area contributed by atoms with Gasteiger partial charge in [-0.05, 0) is 18.6 Å². The molecule has 7 heteroatoms. The normalized spacial score (nSPS) is 17.8. The number of hydrogen-bond acceptors (Lipinski definition) is 4. The van der Waals surface area contributed by atoms with E-state index < -0.39 is 11.9 Å². The number of carboxylic acids is 1. The van der Waals surface area contributed by atoms with Crippen molar-refractivity contribution >= 4 is 33.3 Å². The molecule has 0 radical (unpaired) electrons. The van der Waals surface area contributed by atoms with Crippen LogP contribution in [-0.4, -0.2) is 42.1 Å². The van der Waals surface area contributed by atoms with Crippen LogP contribution in [0, 0.1) is 11.7 Å². The average molecular weight is 337 g/mol. The fourth-order valence-electron chi connectivity index (χ4n) is 2.91. The zero-order valence-electron chi connectivity index (χ0n) is 12.5. The van der Waals surface area contributed by atoms with Crippen LogP contribution in [-0.2, 0) is 16.1 Å². The Morgan fingerprint density at radius 1 is 1.48 bits per heavy atom. The standard InChI is InChI=1S/C16H16FNO4S/c1-22-8-10-13-11(17)3-2-4-12(13)23-14(10)15(19)18-6-5-9(7-18)16(20)21/h2-4,9H,5-8H2,1H3,(H,20,21)/t9-/m0/s1. The number of ether oxygens (including phenoxy) is 1. The molecule has 122 valence electrons. The number of carbonyl (C=O) groups is 2. The first-order valence-corrected chi connectivity index (χ1v) is 8.05. The van der Waals surface area contributed by atoms with Crippen molar-refractivity contribution in [2.75, 3.05) is 20.2 Å². The molecule has 1 aromatic heterocycles. The molecule has 5 nitrogen and oxygen atoms in total. The zero-order chi connectivity index (χ0) is 16.6. The minimum Gasteiger partial charge on any atom is -0.481 e. The van der Waals surface area contributed by atoms with Crippen LogP contribution in [0.5, 0.6) is 0 Å². The number of methoxy groups -OCH3 is 1. The highest BCUT2D eigenvalue weighted by Gasteiger charge is 2.33. The van der Waals surface area contributed by atoms with Crippen molar-refractivity contribution in [2.24, 2.45) is 5.92 Å². The molecule has 23 heavy (non-hydrogen) atoms. The molecule has 1 saturated heterocycles. The lowest BCUT2D eigenvalue weighted by molar-refractivity contribution is -0.141. The third-order valence-electron chi connectivity index (χ3n) is 4.07. The number of carboxylic acid groups (broad SMARTS) is 1. The van der Waals surface area contributed by atoms with E-state index in [0.29, 0.717) is 33.5 Å². The van der Waals surface area contributed by atoms with Crippen molar-refractivity contribution < 1.29 is 23.8 Å². The number of carbonyl (C=O) groups excluding carboxylic acids is 1. The summed E-state index contributed by atoms with van der Waals surface area (Å²) in [5.74, 6) is -2.05. The number of thiophene rings is 1. The second kappa shape index (κ2) is 6.25. The van der Waals surface area contributed by atoms with Crippen LogP contribution in [0.2, 0.25) is 0 Å². The first-order chi connectivity index (χ1) is 11.0. The minimum absolute atomic E-state index is 0.137. The third-order valence-corrected chi connectivity index (χ3v) is 5.26. The number of amides is 1. The molecule has 3 rings (SSSR count). The van der Waals surface area contributed by atoms with Crippen molar-refractivity contribution in [1.29, 1.82) is 0 Å². The summed E-state index contributed by atoms with van der Waals surface area (Å²) in [4.78, 5) is 25.8. The zero-order valence-corrected chi connectivity index (χ0v) is 13.4. The van der Waals surface area contributed by atoms with E-state index in [9.17, 15) is 14.0 Å². The van der Waals surface area contributed by atoms with Gasteiger partial charge in [-0.25, -0.2) is 4.39 Å². The maximum absolute atomic E-state index is 14.1. The van der Waals surface area contributed by atoms with Gasteiger partial charge < -0.3 is 14.7 Å². The molecular weight excluding hydrogens is 321 g/mol. The first-order valence-electron chi connectivity index (χ1n) is 7.23. The lowest BCUT2D eigenvalue weighted by atomic mass is 10.1. The molecule has 2 aromatic rings. The van der Waals surface area contributed by atoms with Crippen LogP contribution in [0.25, 0.3) is 10.1 Å². The van der Waals surface area contributed by atoms with Gasteiger partial charge in [0.05, 0.1) is 17.4 Å². The smallest absolute Gasteiger partial charge is 0.308 e. The fourth-order valence-corrected chi connectivity index (χ4v) is 4.10. The Morgan fingerprint density at radius 2 is 2.26 bits per heavy atom. The highest BCUT2D eigenvalue weighted by atomic mass is 32.1. The predicted octanol–water partition coefficient (Wildman–Crippen LogP) is 2.73. The molecule has 0 spiro atoms. The van der Waals surface area contributed by atoms with Crippen molar-refractivity contribution in [3.63, 3.8) is 0 Å². The van der Waals surface area contributed by atoms with Gasteiger partial charge in [0.15, 0.2) is 0 Å². The van der Waals surface area contributed by atoms with Crippen molar-refractivity contribution in [1.82, 2.24) is 4.90 Å². The Bertz CT molecular complexity index is 773. The summed E-state index contributed by atoms with van der Waals surface area (Å²) in [6.07, 6.45) is 0.444. The Kier molecular flexibility index (Phi) is 4.32. The van der Waals surface area contributed by atoms with Gasteiger partial charge in [0.25, 0.3) is 5.91 Å². The molecule has 2 heterocycles. The average Bonchev–Trinajstić information content (AvgIpc) is 3.13. The number of benzene rings is 1. The van der Waals surface area contributed by atoms with Crippen LogP contribution in [0.3, 0.4) is 0 Å². The highest BCUT2D eigenvalue weighted by Crippen LogP contribution is 2.35. The van der Waals surface area contributed by atoms with Crippen molar-refractivity contribution in [3.05, 3.63) is 34.5 Å². The summed E-state index contributed by atoms with van der Waals surface area (Å²) in [5, 5.41) is 9.48. The molecule has 0 saturated carbocycles. The van der Waals surface area contributed by atoms with E-state index in [1.54, 1.807) is 12.1 Å². The summed E-state index contributed by atoms with van der Waals surface area (Å²) in [7, 11) is 1.49. The molecule has 1 aliphatic heterocycles. The van der Waals surface area contributed by atoms with Gasteiger partial charge in [-0.2, -0.15) is 0 Å². The molecular formula is C16H16FNO4S. The number of rotatable bonds is 4. The first kappa shape index (κ1) is 15.9. The fraction of sp³-hybridized carbons (Fsp3) is 0.375. The van der Waals surface area contributed by atoms with E-state index in [1.807, 2.05) is 0 Å². The lowest BCUT2D eigenvalue weighted by Gasteiger charge is -2.15. The highest BCUT2D eigenvalue weighted by molar-refractivity contribution is 7.21. The van der Waals surface area contributed by atoms with Gasteiger partial charge >= 0.3 is 5.97 Å². The monoisotopic (exact) mass is 337 g/mol. The van der Waals surface area contributed by atoms with Crippen LogP contribution in [0.15, 0.2) is 18.2 Å². The second-order valence-electron chi connectivity index (χ2n) is 5.53. The van der Waals surface area contributed by atoms with E-state index in [1.165, 1.54) is 29.4 Å². The van der Waals surface area contributed by atoms with Gasteiger partial charge in [-0.1, -0.05) is 6.07 Å². The molecule has 1 aliphatic rings. The van der Waals surface area contributed by atoms with E-state index in [4.69, 9.17) is 9.84 Å². The SMILES string of the molecule is COCc1c(C(=O)N2CC[C@H](C(=O)O)C2)sc2cccc(F)c12. The molecule has 1 fully saturated rings. The molecule has 1 N–H and O–H groups in total. The third kappa shape index (κ3) is 2.82. The number of fused-ring (bicyclic) bond motifs is 1. The molecule has 1 atom stereocenters.